The molecule has 0 aliphatic rings. The fraction of sp³-hybridized carbons (Fsp3) is 0.222. The minimum atomic E-state index is -4.89. The van der Waals surface area contributed by atoms with Crippen molar-refractivity contribution in [3.63, 3.8) is 0 Å². The second-order valence-corrected chi connectivity index (χ2v) is 2.85. The number of hydrogen-bond donors (Lipinski definition) is 1. The van der Waals surface area contributed by atoms with E-state index in [1.165, 1.54) is 6.07 Å². The molecule has 1 aromatic carbocycles. The minimum absolute atomic E-state index is 0.507. The molecule has 0 saturated carbocycles. The summed E-state index contributed by atoms with van der Waals surface area (Å²) in [7, 11) is 0. The largest absolute Gasteiger partial charge is 0.573 e. The van der Waals surface area contributed by atoms with Crippen LogP contribution in [0.4, 0.5) is 13.2 Å². The van der Waals surface area contributed by atoms with Crippen molar-refractivity contribution < 1.29 is 27.8 Å². The van der Waals surface area contributed by atoms with Crippen molar-refractivity contribution in [2.75, 3.05) is 0 Å². The van der Waals surface area contributed by atoms with Crippen LogP contribution in [-0.4, -0.2) is 17.4 Å². The number of alkyl halides is 3. The summed E-state index contributed by atoms with van der Waals surface area (Å²) in [6, 6.07) is 3.43. The summed E-state index contributed by atoms with van der Waals surface area (Å²) in [4.78, 5) is 10.6. The molecule has 0 radical (unpaired) electrons. The Hall–Kier alpha value is -1.72. The Labute approximate surface area is 83.1 Å². The molecule has 0 spiro atoms. The van der Waals surface area contributed by atoms with E-state index in [1.54, 1.807) is 6.92 Å². The topological polar surface area (TPSA) is 46.5 Å². The fourth-order valence-electron chi connectivity index (χ4n) is 1.02. The molecule has 0 aromatic heterocycles. The first-order valence-electron chi connectivity index (χ1n) is 3.89. The van der Waals surface area contributed by atoms with E-state index < -0.39 is 23.6 Å². The standard InChI is InChI=1S/C9H7F3O3/c1-5-2-3-7(15-9(10,11)12)6(4-5)8(13)14/h2-4H,1H3,(H,13,14). The summed E-state index contributed by atoms with van der Waals surface area (Å²) in [6.45, 7) is 1.57. The Kier molecular flexibility index (Phi) is 2.88. The van der Waals surface area contributed by atoms with Gasteiger partial charge in [0, 0.05) is 0 Å². The predicted molar refractivity (Wildman–Crippen MR) is 44.8 cm³/mol. The van der Waals surface area contributed by atoms with Crippen molar-refractivity contribution in [1.29, 1.82) is 0 Å². The van der Waals surface area contributed by atoms with Gasteiger partial charge in [0.25, 0.3) is 0 Å². The second-order valence-electron chi connectivity index (χ2n) is 2.85. The molecule has 0 fully saturated rings. The zero-order chi connectivity index (χ0) is 11.6. The van der Waals surface area contributed by atoms with Gasteiger partial charge in [-0.05, 0) is 19.1 Å². The highest BCUT2D eigenvalue weighted by atomic mass is 19.4. The molecular formula is C9H7F3O3. The van der Waals surface area contributed by atoms with Gasteiger partial charge in [-0.15, -0.1) is 13.2 Å². The SMILES string of the molecule is Cc1ccc(OC(F)(F)F)c(C(=O)O)c1. The Bertz CT molecular complexity index is 385. The molecule has 82 valence electrons. The van der Waals surface area contributed by atoms with Crippen molar-refractivity contribution in [2.45, 2.75) is 13.3 Å². The Morgan fingerprint density at radius 3 is 2.47 bits per heavy atom. The van der Waals surface area contributed by atoms with Crippen LogP contribution < -0.4 is 4.74 Å². The number of ether oxygens (including phenoxy) is 1. The van der Waals surface area contributed by atoms with Crippen LogP contribution in [0.15, 0.2) is 18.2 Å². The smallest absolute Gasteiger partial charge is 0.478 e. The van der Waals surface area contributed by atoms with Gasteiger partial charge in [-0.2, -0.15) is 0 Å². The molecule has 0 unspecified atom stereocenters. The zero-order valence-electron chi connectivity index (χ0n) is 7.63. The van der Waals surface area contributed by atoms with Crippen LogP contribution in [-0.2, 0) is 0 Å². The number of carboxylic acids is 1. The molecule has 6 heteroatoms. The number of aryl methyl sites for hydroxylation is 1. The highest BCUT2D eigenvalue weighted by molar-refractivity contribution is 5.91. The lowest BCUT2D eigenvalue weighted by atomic mass is 10.1. The van der Waals surface area contributed by atoms with Crippen LogP contribution in [0.25, 0.3) is 0 Å². The van der Waals surface area contributed by atoms with E-state index >= 15 is 0 Å². The predicted octanol–water partition coefficient (Wildman–Crippen LogP) is 2.59. The van der Waals surface area contributed by atoms with Gasteiger partial charge in [0.15, 0.2) is 0 Å². The van der Waals surface area contributed by atoms with Gasteiger partial charge >= 0.3 is 12.3 Å². The summed E-state index contributed by atoms with van der Waals surface area (Å²) in [5, 5.41) is 8.64. The average Bonchev–Trinajstić information content (AvgIpc) is 2.05. The second kappa shape index (κ2) is 3.80. The van der Waals surface area contributed by atoms with Crippen molar-refractivity contribution >= 4 is 5.97 Å². The van der Waals surface area contributed by atoms with E-state index in [2.05, 4.69) is 4.74 Å². The molecule has 0 atom stereocenters. The maximum atomic E-state index is 11.9. The Balaban J connectivity index is 3.12. The van der Waals surface area contributed by atoms with E-state index in [-0.39, 0.29) is 0 Å². The van der Waals surface area contributed by atoms with Crippen molar-refractivity contribution in [3.8, 4) is 5.75 Å². The van der Waals surface area contributed by atoms with Gasteiger partial charge in [-0.3, -0.25) is 0 Å². The summed E-state index contributed by atoms with van der Waals surface area (Å²) in [5.74, 6) is -2.17. The van der Waals surface area contributed by atoms with Crippen LogP contribution in [0.2, 0.25) is 0 Å². The summed E-state index contributed by atoms with van der Waals surface area (Å²) < 4.78 is 39.2. The molecule has 1 aromatic rings. The number of halogens is 3. The number of hydrogen-bond acceptors (Lipinski definition) is 2. The third kappa shape index (κ3) is 3.16. The van der Waals surface area contributed by atoms with Gasteiger partial charge in [-0.25, -0.2) is 4.79 Å². The minimum Gasteiger partial charge on any atom is -0.478 e. The molecule has 15 heavy (non-hydrogen) atoms. The van der Waals surface area contributed by atoms with Gasteiger partial charge < -0.3 is 9.84 Å². The first-order valence-corrected chi connectivity index (χ1v) is 3.89. The van der Waals surface area contributed by atoms with Gasteiger partial charge in [0.05, 0.1) is 0 Å². The van der Waals surface area contributed by atoms with Gasteiger partial charge in [0.2, 0.25) is 0 Å². The van der Waals surface area contributed by atoms with E-state index in [0.29, 0.717) is 5.56 Å². The number of aromatic carboxylic acids is 1. The molecule has 0 heterocycles. The van der Waals surface area contributed by atoms with Crippen molar-refractivity contribution in [3.05, 3.63) is 29.3 Å². The third-order valence-electron chi connectivity index (χ3n) is 1.59. The van der Waals surface area contributed by atoms with E-state index in [0.717, 1.165) is 12.1 Å². The summed E-state index contributed by atoms with van der Waals surface area (Å²) in [5.41, 5.74) is 0.0363. The highest BCUT2D eigenvalue weighted by Crippen LogP contribution is 2.27. The van der Waals surface area contributed by atoms with Crippen LogP contribution in [0.5, 0.6) is 5.75 Å². The van der Waals surface area contributed by atoms with Crippen LogP contribution >= 0.6 is 0 Å². The maximum Gasteiger partial charge on any atom is 0.573 e. The van der Waals surface area contributed by atoms with Gasteiger partial charge in [0.1, 0.15) is 11.3 Å². The summed E-state index contributed by atoms with van der Waals surface area (Å²) in [6.07, 6.45) is -4.89. The molecule has 0 amide bonds. The van der Waals surface area contributed by atoms with E-state index in [4.69, 9.17) is 5.11 Å². The monoisotopic (exact) mass is 220 g/mol. The third-order valence-corrected chi connectivity index (χ3v) is 1.59. The molecule has 0 aliphatic heterocycles. The maximum absolute atomic E-state index is 11.9. The molecular weight excluding hydrogens is 213 g/mol. The van der Waals surface area contributed by atoms with Crippen molar-refractivity contribution in [2.24, 2.45) is 0 Å². The number of rotatable bonds is 2. The highest BCUT2D eigenvalue weighted by Gasteiger charge is 2.32. The molecule has 1 rings (SSSR count). The van der Waals surface area contributed by atoms with Crippen LogP contribution in [0.1, 0.15) is 15.9 Å². The Morgan fingerprint density at radius 1 is 1.40 bits per heavy atom. The van der Waals surface area contributed by atoms with Crippen molar-refractivity contribution in [1.82, 2.24) is 0 Å². The van der Waals surface area contributed by atoms with E-state index in [1.807, 2.05) is 0 Å². The molecule has 0 bridgehead atoms. The van der Waals surface area contributed by atoms with E-state index in [9.17, 15) is 18.0 Å². The number of carboxylic acid groups (broad SMARTS) is 1. The first-order chi connectivity index (χ1) is 6.79. The normalized spacial score (nSPS) is 11.2. The average molecular weight is 220 g/mol. The lowest BCUT2D eigenvalue weighted by Crippen LogP contribution is -2.19. The fourth-order valence-corrected chi connectivity index (χ4v) is 1.02. The summed E-state index contributed by atoms with van der Waals surface area (Å²) >= 11 is 0. The lowest BCUT2D eigenvalue weighted by molar-refractivity contribution is -0.274. The zero-order valence-corrected chi connectivity index (χ0v) is 7.63. The number of benzene rings is 1. The number of carbonyl (C=O) groups is 1. The van der Waals surface area contributed by atoms with Crippen LogP contribution in [0, 0.1) is 6.92 Å². The van der Waals surface area contributed by atoms with Crippen LogP contribution in [0.3, 0.4) is 0 Å². The lowest BCUT2D eigenvalue weighted by Gasteiger charge is -2.11. The Morgan fingerprint density at radius 2 is 2.00 bits per heavy atom. The molecule has 0 aliphatic carbocycles. The molecule has 1 N–H and O–H groups in total. The molecule has 0 saturated heterocycles. The van der Waals surface area contributed by atoms with Gasteiger partial charge in [-0.1, -0.05) is 11.6 Å². The molecule has 3 nitrogen and oxygen atoms in total. The first kappa shape index (κ1) is 11.4. The quantitative estimate of drug-likeness (QED) is 0.833.